The smallest absolute Gasteiger partial charge is 0.211 e. The predicted molar refractivity (Wildman–Crippen MR) is 112 cm³/mol. The summed E-state index contributed by atoms with van der Waals surface area (Å²) in [7, 11) is 0. The molecule has 2 fully saturated rings. The van der Waals surface area contributed by atoms with Gasteiger partial charge in [-0.2, -0.15) is 0 Å². The van der Waals surface area contributed by atoms with Crippen molar-refractivity contribution in [3.05, 3.63) is 47.8 Å². The Kier molecular flexibility index (Phi) is 6.62. The van der Waals surface area contributed by atoms with Crippen molar-refractivity contribution in [1.29, 1.82) is 0 Å². The first-order valence-corrected chi connectivity index (χ1v) is 10.6. The Bertz CT molecular complexity index is 800. The molecule has 0 spiro atoms. The summed E-state index contributed by atoms with van der Waals surface area (Å²) in [5, 5.41) is 2.61. The fourth-order valence-electron chi connectivity index (χ4n) is 3.76. The van der Waals surface area contributed by atoms with Crippen LogP contribution in [0.1, 0.15) is 49.3 Å². The summed E-state index contributed by atoms with van der Waals surface area (Å²) in [6.07, 6.45) is 9.11. The van der Waals surface area contributed by atoms with E-state index < -0.39 is 0 Å². The van der Waals surface area contributed by atoms with E-state index in [9.17, 15) is 4.79 Å². The number of nitrogens with one attached hydrogen (secondary N) is 1. The van der Waals surface area contributed by atoms with Gasteiger partial charge in [0.1, 0.15) is 13.2 Å². The van der Waals surface area contributed by atoms with E-state index in [2.05, 4.69) is 27.3 Å². The van der Waals surface area contributed by atoms with Crippen LogP contribution < -0.4 is 14.8 Å². The number of hydrogen-bond acceptors (Lipinski definition) is 5. The highest BCUT2D eigenvalue weighted by molar-refractivity contribution is 5.71. The normalized spacial score (nSPS) is 18.3. The van der Waals surface area contributed by atoms with Gasteiger partial charge in [-0.25, -0.2) is 0 Å². The maximum absolute atomic E-state index is 10.1. The van der Waals surface area contributed by atoms with Crippen molar-refractivity contribution in [2.24, 2.45) is 0 Å². The number of anilines is 1. The van der Waals surface area contributed by atoms with Crippen LogP contribution in [0.2, 0.25) is 0 Å². The molecule has 1 saturated carbocycles. The summed E-state index contributed by atoms with van der Waals surface area (Å²) in [6, 6.07) is 10.1. The molecule has 0 unspecified atom stereocenters. The first-order valence-electron chi connectivity index (χ1n) is 10.6. The standard InChI is InChI=1S/C13H18N2O2.C10H11NO/c1-2-4-15(5-3-1)10-11-8-12-13(9-14-11)17-7-6-16-12;12-7-11-10-5-3-9(4-6-10)8-1-2-8/h8-9H,1-7,10H2;3-8H,1-2H2,(H,11,12). The summed E-state index contributed by atoms with van der Waals surface area (Å²) in [4.78, 5) is 17.0. The Morgan fingerprint density at radius 1 is 1.03 bits per heavy atom. The molecule has 3 heterocycles. The van der Waals surface area contributed by atoms with Gasteiger partial charge in [-0.3, -0.25) is 14.7 Å². The minimum Gasteiger partial charge on any atom is -0.486 e. The molecule has 6 nitrogen and oxygen atoms in total. The quantitative estimate of drug-likeness (QED) is 0.776. The topological polar surface area (TPSA) is 63.7 Å². The van der Waals surface area contributed by atoms with Gasteiger partial charge < -0.3 is 14.8 Å². The molecule has 0 radical (unpaired) electrons. The molecule has 0 bridgehead atoms. The maximum Gasteiger partial charge on any atom is 0.211 e. The molecule has 1 aliphatic carbocycles. The van der Waals surface area contributed by atoms with E-state index in [-0.39, 0.29) is 0 Å². The van der Waals surface area contributed by atoms with Gasteiger partial charge in [-0.05, 0) is 62.4 Å². The first-order chi connectivity index (χ1) is 14.3. The fourth-order valence-corrected chi connectivity index (χ4v) is 3.76. The number of piperidine rings is 1. The Hall–Kier alpha value is -2.60. The molecule has 2 aliphatic heterocycles. The van der Waals surface area contributed by atoms with Gasteiger partial charge in [0.2, 0.25) is 6.41 Å². The summed E-state index contributed by atoms with van der Waals surface area (Å²) < 4.78 is 11.0. The average molecular weight is 396 g/mol. The van der Waals surface area contributed by atoms with Crippen LogP contribution >= 0.6 is 0 Å². The molecule has 1 N–H and O–H groups in total. The molecule has 3 aliphatic rings. The van der Waals surface area contributed by atoms with Crippen LogP contribution in [0.3, 0.4) is 0 Å². The van der Waals surface area contributed by atoms with Gasteiger partial charge in [0, 0.05) is 18.3 Å². The van der Waals surface area contributed by atoms with Gasteiger partial charge in [0.15, 0.2) is 11.5 Å². The first kappa shape index (κ1) is 19.7. The lowest BCUT2D eigenvalue weighted by Crippen LogP contribution is -2.29. The third-order valence-corrected chi connectivity index (χ3v) is 5.51. The number of hydrogen-bond donors (Lipinski definition) is 1. The molecule has 6 heteroatoms. The zero-order valence-electron chi connectivity index (χ0n) is 16.8. The second-order valence-corrected chi connectivity index (χ2v) is 7.81. The molecule has 1 aromatic carbocycles. The van der Waals surface area contributed by atoms with Crippen molar-refractivity contribution < 1.29 is 14.3 Å². The molecule has 2 aromatic rings. The number of carbonyl (C=O) groups excluding carboxylic acids is 1. The van der Waals surface area contributed by atoms with E-state index in [4.69, 9.17) is 9.47 Å². The Labute approximate surface area is 172 Å². The van der Waals surface area contributed by atoms with Crippen molar-refractivity contribution in [3.63, 3.8) is 0 Å². The number of benzene rings is 1. The van der Waals surface area contributed by atoms with Crippen molar-refractivity contribution in [2.75, 3.05) is 31.6 Å². The zero-order valence-corrected chi connectivity index (χ0v) is 16.8. The molecule has 0 atom stereocenters. The average Bonchev–Trinajstić information content (AvgIpc) is 3.61. The number of pyridine rings is 1. The highest BCUT2D eigenvalue weighted by atomic mass is 16.6. The minimum atomic E-state index is 0.625. The molecule has 1 amide bonds. The Morgan fingerprint density at radius 2 is 1.76 bits per heavy atom. The highest BCUT2D eigenvalue weighted by Crippen LogP contribution is 2.40. The third-order valence-electron chi connectivity index (χ3n) is 5.51. The van der Waals surface area contributed by atoms with Gasteiger partial charge in [-0.15, -0.1) is 0 Å². The fraction of sp³-hybridized carbons (Fsp3) is 0.478. The lowest BCUT2D eigenvalue weighted by Gasteiger charge is -2.26. The van der Waals surface area contributed by atoms with E-state index in [1.54, 1.807) is 6.20 Å². The second-order valence-electron chi connectivity index (χ2n) is 7.81. The molecular weight excluding hydrogens is 366 g/mol. The number of likely N-dealkylation sites (tertiary alicyclic amines) is 1. The predicted octanol–water partition coefficient (Wildman–Crippen LogP) is 3.97. The lowest BCUT2D eigenvalue weighted by molar-refractivity contribution is -0.105. The van der Waals surface area contributed by atoms with Gasteiger partial charge in [-0.1, -0.05) is 18.6 Å². The van der Waals surface area contributed by atoms with Gasteiger partial charge in [0.05, 0.1) is 11.9 Å². The van der Waals surface area contributed by atoms with Crippen LogP contribution in [0.4, 0.5) is 5.69 Å². The summed E-state index contributed by atoms with van der Waals surface area (Å²) >= 11 is 0. The largest absolute Gasteiger partial charge is 0.486 e. The van der Waals surface area contributed by atoms with Crippen molar-refractivity contribution in [2.45, 2.75) is 44.6 Å². The second kappa shape index (κ2) is 9.74. The van der Waals surface area contributed by atoms with Gasteiger partial charge in [0.25, 0.3) is 0 Å². The third kappa shape index (κ3) is 5.70. The Morgan fingerprint density at radius 3 is 2.45 bits per heavy atom. The van der Waals surface area contributed by atoms with Crippen LogP contribution in [-0.2, 0) is 11.3 Å². The van der Waals surface area contributed by atoms with Crippen molar-refractivity contribution >= 4 is 12.1 Å². The number of aromatic nitrogens is 1. The van der Waals surface area contributed by atoms with E-state index in [1.807, 2.05) is 18.2 Å². The Balaban J connectivity index is 0.000000150. The summed E-state index contributed by atoms with van der Waals surface area (Å²) in [5.74, 6) is 2.41. The number of amides is 1. The SMILES string of the molecule is O=CNc1ccc(C2CC2)cc1.c1nc(CN2CCCCC2)cc2c1OCCO2. The van der Waals surface area contributed by atoms with E-state index in [1.165, 1.54) is 50.8 Å². The van der Waals surface area contributed by atoms with Crippen LogP contribution in [0.25, 0.3) is 0 Å². The van der Waals surface area contributed by atoms with Gasteiger partial charge >= 0.3 is 0 Å². The van der Waals surface area contributed by atoms with Crippen LogP contribution in [-0.4, -0.2) is 42.6 Å². The van der Waals surface area contributed by atoms with Crippen LogP contribution in [0.15, 0.2) is 36.5 Å². The molecule has 29 heavy (non-hydrogen) atoms. The summed E-state index contributed by atoms with van der Waals surface area (Å²) in [6.45, 7) is 4.57. The molecule has 154 valence electrons. The molecule has 1 saturated heterocycles. The lowest BCUT2D eigenvalue weighted by atomic mass is 10.1. The zero-order chi connectivity index (χ0) is 19.9. The number of nitrogens with zero attached hydrogens (tertiary/aromatic N) is 2. The molecule has 1 aromatic heterocycles. The summed E-state index contributed by atoms with van der Waals surface area (Å²) in [5.41, 5.74) is 3.34. The van der Waals surface area contributed by atoms with Crippen LogP contribution in [0.5, 0.6) is 11.5 Å². The highest BCUT2D eigenvalue weighted by Gasteiger charge is 2.22. The minimum absolute atomic E-state index is 0.625. The van der Waals surface area contributed by atoms with E-state index >= 15 is 0 Å². The number of fused-ring (bicyclic) bond motifs is 1. The van der Waals surface area contributed by atoms with E-state index in [0.29, 0.717) is 19.6 Å². The van der Waals surface area contributed by atoms with Crippen molar-refractivity contribution in [1.82, 2.24) is 9.88 Å². The number of carbonyl (C=O) groups is 1. The number of rotatable bonds is 5. The van der Waals surface area contributed by atoms with Crippen molar-refractivity contribution in [3.8, 4) is 11.5 Å². The molecular formula is C23H29N3O3. The monoisotopic (exact) mass is 395 g/mol. The number of ether oxygens (including phenoxy) is 2. The molecule has 5 rings (SSSR count). The van der Waals surface area contributed by atoms with Crippen LogP contribution in [0, 0.1) is 0 Å². The maximum atomic E-state index is 10.1. The van der Waals surface area contributed by atoms with E-state index in [0.717, 1.165) is 35.3 Å².